The molecule has 2 N–H and O–H groups in total. The van der Waals surface area contributed by atoms with Gasteiger partial charge in [-0.1, -0.05) is 12.1 Å². The number of rotatable bonds is 4. The zero-order chi connectivity index (χ0) is 15.6. The van der Waals surface area contributed by atoms with Gasteiger partial charge < -0.3 is 10.6 Å². The van der Waals surface area contributed by atoms with Crippen molar-refractivity contribution in [2.24, 2.45) is 11.8 Å². The molecule has 0 radical (unpaired) electrons. The molecule has 1 aromatic rings. The molecule has 0 aliphatic heterocycles. The summed E-state index contributed by atoms with van der Waals surface area (Å²) >= 11 is 0. The number of carbonyl (C=O) groups excluding carboxylic acids is 2. The molecule has 114 valence electrons. The Morgan fingerprint density at radius 3 is 2.29 bits per heavy atom. The Labute approximate surface area is 124 Å². The molecular weight excluding hydrogens is 271 g/mol. The number of hydrogen-bond acceptors (Lipinski definition) is 2. The van der Waals surface area contributed by atoms with Gasteiger partial charge in [0.15, 0.2) is 0 Å². The highest BCUT2D eigenvalue weighted by atomic mass is 19.1. The van der Waals surface area contributed by atoms with Crippen LogP contribution >= 0.6 is 0 Å². The molecule has 0 bridgehead atoms. The molecule has 1 aliphatic carbocycles. The van der Waals surface area contributed by atoms with Crippen LogP contribution in [0.15, 0.2) is 24.3 Å². The highest BCUT2D eigenvalue weighted by Crippen LogP contribution is 2.39. The fraction of sp³-hybridized carbons (Fsp3) is 0.500. The minimum absolute atomic E-state index is 0.0653. The van der Waals surface area contributed by atoms with Gasteiger partial charge in [-0.25, -0.2) is 4.39 Å². The van der Waals surface area contributed by atoms with Crippen molar-refractivity contribution in [2.45, 2.75) is 39.3 Å². The number of halogens is 1. The molecule has 2 amide bonds. The van der Waals surface area contributed by atoms with Crippen LogP contribution in [0.5, 0.6) is 0 Å². The van der Waals surface area contributed by atoms with Crippen molar-refractivity contribution >= 4 is 11.8 Å². The summed E-state index contributed by atoms with van der Waals surface area (Å²) < 4.78 is 12.8. The van der Waals surface area contributed by atoms with Gasteiger partial charge in [-0.05, 0) is 44.9 Å². The first-order valence-electron chi connectivity index (χ1n) is 7.10. The molecule has 4 nitrogen and oxygen atoms in total. The summed E-state index contributed by atoms with van der Waals surface area (Å²) in [6.07, 6.45) is 0.594. The van der Waals surface area contributed by atoms with Crippen LogP contribution in [0.25, 0.3) is 0 Å². The summed E-state index contributed by atoms with van der Waals surface area (Å²) in [5.41, 5.74) is 0.551. The average molecular weight is 292 g/mol. The maximum atomic E-state index is 12.8. The van der Waals surface area contributed by atoms with E-state index < -0.39 is 0 Å². The number of hydrogen-bond donors (Lipinski definition) is 2. The van der Waals surface area contributed by atoms with Crippen LogP contribution in [0.3, 0.4) is 0 Å². The molecule has 0 saturated heterocycles. The predicted molar refractivity (Wildman–Crippen MR) is 77.7 cm³/mol. The standard InChI is InChI=1S/C16H21FN2O2/c1-16(2,3)19-15(21)13-8-12(13)14(20)18-9-10-4-6-11(17)7-5-10/h4-7,12-13H,8-9H2,1-3H3,(H,18,20)(H,19,21). The number of nitrogens with one attached hydrogen (secondary N) is 2. The lowest BCUT2D eigenvalue weighted by Gasteiger charge is -2.20. The van der Waals surface area contributed by atoms with E-state index in [4.69, 9.17) is 0 Å². The molecule has 0 spiro atoms. The molecule has 5 heteroatoms. The Morgan fingerprint density at radius 2 is 1.71 bits per heavy atom. The lowest BCUT2D eigenvalue weighted by Crippen LogP contribution is -2.42. The van der Waals surface area contributed by atoms with Gasteiger partial charge >= 0.3 is 0 Å². The van der Waals surface area contributed by atoms with Crippen LogP contribution in [0.2, 0.25) is 0 Å². The Balaban J connectivity index is 1.78. The largest absolute Gasteiger partial charge is 0.352 e. The molecule has 1 saturated carbocycles. The van der Waals surface area contributed by atoms with Gasteiger partial charge in [0.05, 0.1) is 11.8 Å². The SMILES string of the molecule is CC(C)(C)NC(=O)C1CC1C(=O)NCc1ccc(F)cc1. The second kappa shape index (κ2) is 5.84. The maximum absolute atomic E-state index is 12.8. The molecule has 1 aliphatic rings. The summed E-state index contributed by atoms with van der Waals surface area (Å²) in [6.45, 7) is 6.09. The van der Waals surface area contributed by atoms with E-state index in [0.717, 1.165) is 5.56 Å². The van der Waals surface area contributed by atoms with Gasteiger partial charge in [0, 0.05) is 12.1 Å². The third-order valence-electron chi connectivity index (χ3n) is 3.34. The second-order valence-corrected chi connectivity index (χ2v) is 6.53. The van der Waals surface area contributed by atoms with Crippen molar-refractivity contribution in [1.29, 1.82) is 0 Å². The molecule has 2 unspecified atom stereocenters. The normalized spacial score (nSPS) is 20.8. The topological polar surface area (TPSA) is 58.2 Å². The lowest BCUT2D eigenvalue weighted by molar-refractivity contribution is -0.128. The highest BCUT2D eigenvalue weighted by Gasteiger charge is 2.48. The monoisotopic (exact) mass is 292 g/mol. The zero-order valence-corrected chi connectivity index (χ0v) is 12.6. The van der Waals surface area contributed by atoms with Crippen molar-refractivity contribution in [2.75, 3.05) is 0 Å². The van der Waals surface area contributed by atoms with Crippen molar-refractivity contribution in [3.05, 3.63) is 35.6 Å². The van der Waals surface area contributed by atoms with E-state index in [1.807, 2.05) is 20.8 Å². The Kier molecular flexibility index (Phi) is 4.30. The van der Waals surface area contributed by atoms with Crippen LogP contribution < -0.4 is 10.6 Å². The average Bonchev–Trinajstić information content (AvgIpc) is 3.16. The smallest absolute Gasteiger partial charge is 0.224 e. The molecule has 0 aromatic heterocycles. The second-order valence-electron chi connectivity index (χ2n) is 6.53. The molecule has 1 fully saturated rings. The highest BCUT2D eigenvalue weighted by molar-refractivity contribution is 5.92. The van der Waals surface area contributed by atoms with Crippen LogP contribution in [0.1, 0.15) is 32.8 Å². The minimum atomic E-state index is -0.300. The molecule has 1 aromatic carbocycles. The summed E-state index contributed by atoms with van der Waals surface area (Å²) in [4.78, 5) is 23.9. The van der Waals surface area contributed by atoms with Crippen LogP contribution in [-0.2, 0) is 16.1 Å². The van der Waals surface area contributed by atoms with Crippen LogP contribution in [-0.4, -0.2) is 17.4 Å². The molecule has 21 heavy (non-hydrogen) atoms. The van der Waals surface area contributed by atoms with E-state index in [-0.39, 0.29) is 35.0 Å². The summed E-state index contributed by atoms with van der Waals surface area (Å²) in [5, 5.41) is 5.67. The Bertz CT molecular complexity index is 534. The van der Waals surface area contributed by atoms with Crippen molar-refractivity contribution < 1.29 is 14.0 Å². The summed E-state index contributed by atoms with van der Waals surface area (Å²) in [5.74, 6) is -0.950. The summed E-state index contributed by atoms with van der Waals surface area (Å²) in [7, 11) is 0. The lowest BCUT2D eigenvalue weighted by atomic mass is 10.1. The van der Waals surface area contributed by atoms with Crippen LogP contribution in [0, 0.1) is 17.7 Å². The third kappa shape index (κ3) is 4.55. The van der Waals surface area contributed by atoms with E-state index in [2.05, 4.69) is 10.6 Å². The van der Waals surface area contributed by atoms with Gasteiger partial charge in [-0.3, -0.25) is 9.59 Å². The van der Waals surface area contributed by atoms with Gasteiger partial charge in [0.2, 0.25) is 11.8 Å². The van der Waals surface area contributed by atoms with E-state index in [1.165, 1.54) is 12.1 Å². The zero-order valence-electron chi connectivity index (χ0n) is 12.6. The molecule has 2 atom stereocenters. The Hall–Kier alpha value is -1.91. The quantitative estimate of drug-likeness (QED) is 0.891. The molecular formula is C16H21FN2O2. The number of carbonyl (C=O) groups is 2. The van der Waals surface area contributed by atoms with Gasteiger partial charge in [-0.2, -0.15) is 0 Å². The van der Waals surface area contributed by atoms with Crippen LogP contribution in [0.4, 0.5) is 4.39 Å². The number of benzene rings is 1. The van der Waals surface area contributed by atoms with Crippen molar-refractivity contribution in [3.8, 4) is 0 Å². The molecule has 2 rings (SSSR count). The number of amides is 2. The van der Waals surface area contributed by atoms with Gasteiger partial charge in [0.25, 0.3) is 0 Å². The fourth-order valence-electron chi connectivity index (χ4n) is 2.16. The van der Waals surface area contributed by atoms with E-state index in [0.29, 0.717) is 13.0 Å². The van der Waals surface area contributed by atoms with E-state index in [9.17, 15) is 14.0 Å². The maximum Gasteiger partial charge on any atom is 0.224 e. The first-order chi connectivity index (χ1) is 9.76. The minimum Gasteiger partial charge on any atom is -0.352 e. The Morgan fingerprint density at radius 1 is 1.14 bits per heavy atom. The van der Waals surface area contributed by atoms with Crippen molar-refractivity contribution in [3.63, 3.8) is 0 Å². The molecule has 0 heterocycles. The van der Waals surface area contributed by atoms with Gasteiger partial charge in [-0.15, -0.1) is 0 Å². The fourth-order valence-corrected chi connectivity index (χ4v) is 2.16. The van der Waals surface area contributed by atoms with Crippen molar-refractivity contribution in [1.82, 2.24) is 10.6 Å². The first-order valence-corrected chi connectivity index (χ1v) is 7.10. The predicted octanol–water partition coefficient (Wildman–Crippen LogP) is 1.99. The summed E-state index contributed by atoms with van der Waals surface area (Å²) in [6, 6.07) is 5.98. The van der Waals surface area contributed by atoms with E-state index in [1.54, 1.807) is 12.1 Å². The first kappa shape index (κ1) is 15.5. The third-order valence-corrected chi connectivity index (χ3v) is 3.34. The van der Waals surface area contributed by atoms with Gasteiger partial charge in [0.1, 0.15) is 5.82 Å². The van der Waals surface area contributed by atoms with E-state index >= 15 is 0 Å².